The van der Waals surface area contributed by atoms with Crippen LogP contribution < -0.4 is 4.74 Å². The minimum atomic E-state index is -0.292. The van der Waals surface area contributed by atoms with Gasteiger partial charge in [0.05, 0.1) is 12.2 Å². The molecule has 0 N–H and O–H groups in total. The Morgan fingerprint density at radius 3 is 2.54 bits per heavy atom. The second-order valence-electron chi connectivity index (χ2n) is 9.72. The minimum Gasteiger partial charge on any atom is -0.493 e. The van der Waals surface area contributed by atoms with Crippen LogP contribution in [0.5, 0.6) is 5.75 Å². The van der Waals surface area contributed by atoms with Crippen LogP contribution >= 0.6 is 0 Å². The molecule has 4 rings (SSSR count). The summed E-state index contributed by atoms with van der Waals surface area (Å²) in [5.41, 5.74) is 2.79. The van der Waals surface area contributed by atoms with E-state index in [0.717, 1.165) is 28.9 Å². The van der Waals surface area contributed by atoms with Crippen molar-refractivity contribution in [3.8, 4) is 5.75 Å². The van der Waals surface area contributed by atoms with Crippen molar-refractivity contribution in [1.29, 1.82) is 0 Å². The molecule has 6 heteroatoms. The molecule has 1 aromatic heterocycles. The number of halogens is 1. The first-order valence-electron chi connectivity index (χ1n) is 12.2. The Hall–Kier alpha value is -3.25. The predicted molar refractivity (Wildman–Crippen MR) is 133 cm³/mol. The van der Waals surface area contributed by atoms with Crippen LogP contribution in [0.25, 0.3) is 0 Å². The lowest BCUT2D eigenvalue weighted by Gasteiger charge is -2.37. The molecule has 1 fully saturated rings. The van der Waals surface area contributed by atoms with Gasteiger partial charge in [-0.1, -0.05) is 24.3 Å². The van der Waals surface area contributed by atoms with Gasteiger partial charge in [0.15, 0.2) is 0 Å². The van der Waals surface area contributed by atoms with Crippen LogP contribution in [0, 0.1) is 11.7 Å². The van der Waals surface area contributed by atoms with E-state index < -0.39 is 0 Å². The van der Waals surface area contributed by atoms with Crippen LogP contribution in [-0.4, -0.2) is 34.6 Å². The monoisotopic (exact) mass is 476 g/mol. The molecule has 3 aromatic rings. The van der Waals surface area contributed by atoms with E-state index in [1.807, 2.05) is 55.1 Å². The van der Waals surface area contributed by atoms with Crippen molar-refractivity contribution in [2.24, 2.45) is 5.92 Å². The first kappa shape index (κ1) is 24.9. The van der Waals surface area contributed by atoms with Crippen molar-refractivity contribution in [1.82, 2.24) is 9.88 Å². The summed E-state index contributed by atoms with van der Waals surface area (Å²) in [6, 6.07) is 18.3. The van der Waals surface area contributed by atoms with Gasteiger partial charge in [-0.15, -0.1) is 0 Å². The van der Waals surface area contributed by atoms with Crippen molar-refractivity contribution < 1.29 is 18.7 Å². The van der Waals surface area contributed by atoms with E-state index in [4.69, 9.17) is 9.47 Å². The van der Waals surface area contributed by atoms with Gasteiger partial charge in [0.2, 0.25) is 5.91 Å². The number of carbonyl (C=O) groups excluding carboxylic acids is 1. The molecule has 1 saturated heterocycles. The van der Waals surface area contributed by atoms with Crippen LogP contribution in [0.15, 0.2) is 73.1 Å². The Labute approximate surface area is 206 Å². The fraction of sp³-hybridized carbons (Fsp3) is 0.379. The highest BCUT2D eigenvalue weighted by Gasteiger charge is 2.35. The van der Waals surface area contributed by atoms with E-state index in [-0.39, 0.29) is 23.2 Å². The van der Waals surface area contributed by atoms with E-state index in [0.29, 0.717) is 39.1 Å². The zero-order valence-electron chi connectivity index (χ0n) is 20.5. The van der Waals surface area contributed by atoms with E-state index in [9.17, 15) is 9.18 Å². The van der Waals surface area contributed by atoms with E-state index in [2.05, 4.69) is 4.98 Å². The number of rotatable bonds is 9. The number of hydrogen-bond donors (Lipinski definition) is 0. The van der Waals surface area contributed by atoms with Crippen molar-refractivity contribution >= 4 is 5.91 Å². The molecule has 1 unspecified atom stereocenters. The molecule has 184 valence electrons. The molecule has 2 aromatic carbocycles. The number of hydrogen-bond acceptors (Lipinski definition) is 4. The molecular weight excluding hydrogens is 443 g/mol. The zero-order chi connectivity index (χ0) is 24.7. The Morgan fingerprint density at radius 2 is 1.80 bits per heavy atom. The molecule has 0 spiro atoms. The lowest BCUT2D eigenvalue weighted by molar-refractivity contribution is -0.146. The summed E-state index contributed by atoms with van der Waals surface area (Å²) in [6.45, 7) is 6.21. The van der Waals surface area contributed by atoms with Crippen LogP contribution in [0.4, 0.5) is 4.39 Å². The van der Waals surface area contributed by atoms with Gasteiger partial charge < -0.3 is 14.4 Å². The molecule has 1 aliphatic rings. The van der Waals surface area contributed by atoms with Crippen molar-refractivity contribution in [2.45, 2.75) is 51.8 Å². The van der Waals surface area contributed by atoms with Gasteiger partial charge in [-0.3, -0.25) is 9.78 Å². The number of nitrogens with zero attached hydrogens (tertiary/aromatic N) is 2. The number of ether oxygens (including phenoxy) is 2. The smallest absolute Gasteiger partial charge is 0.226 e. The van der Waals surface area contributed by atoms with Gasteiger partial charge in [-0.25, -0.2) is 4.39 Å². The molecule has 1 aliphatic heterocycles. The molecule has 0 radical (unpaired) electrons. The van der Waals surface area contributed by atoms with Gasteiger partial charge in [0, 0.05) is 44.4 Å². The third-order valence-corrected chi connectivity index (χ3v) is 6.33. The highest BCUT2D eigenvalue weighted by atomic mass is 19.1. The third-order valence-electron chi connectivity index (χ3n) is 6.33. The van der Waals surface area contributed by atoms with Crippen LogP contribution in [-0.2, 0) is 29.0 Å². The van der Waals surface area contributed by atoms with Crippen molar-refractivity contribution in [3.05, 3.63) is 95.6 Å². The number of amides is 1. The first-order valence-corrected chi connectivity index (χ1v) is 12.2. The molecule has 1 atom stereocenters. The average Bonchev–Trinajstić information content (AvgIpc) is 2.85. The van der Waals surface area contributed by atoms with Gasteiger partial charge in [0.25, 0.3) is 0 Å². The maximum Gasteiger partial charge on any atom is 0.226 e. The second-order valence-corrected chi connectivity index (χ2v) is 9.72. The highest BCUT2D eigenvalue weighted by molar-refractivity contribution is 5.79. The minimum absolute atomic E-state index is 0.0595. The Morgan fingerprint density at radius 1 is 1.06 bits per heavy atom. The van der Waals surface area contributed by atoms with Gasteiger partial charge in [0.1, 0.15) is 11.6 Å². The zero-order valence-corrected chi connectivity index (χ0v) is 20.5. The molecule has 0 aliphatic carbocycles. The van der Waals surface area contributed by atoms with Gasteiger partial charge in [-0.05, 0) is 79.8 Å². The maximum absolute atomic E-state index is 13.6. The molecule has 2 heterocycles. The molecule has 1 amide bonds. The summed E-state index contributed by atoms with van der Waals surface area (Å²) in [5, 5.41) is 0. The van der Waals surface area contributed by atoms with Crippen LogP contribution in [0.3, 0.4) is 0 Å². The van der Waals surface area contributed by atoms with Gasteiger partial charge in [-0.2, -0.15) is 0 Å². The lowest BCUT2D eigenvalue weighted by Crippen LogP contribution is -2.43. The second kappa shape index (κ2) is 11.5. The third kappa shape index (κ3) is 7.36. The van der Waals surface area contributed by atoms with Crippen LogP contribution in [0.2, 0.25) is 0 Å². The van der Waals surface area contributed by atoms with E-state index in [1.165, 1.54) is 12.1 Å². The number of benzene rings is 2. The molecular formula is C29H33FN2O3. The molecule has 5 nitrogen and oxygen atoms in total. The van der Waals surface area contributed by atoms with E-state index >= 15 is 0 Å². The van der Waals surface area contributed by atoms with Crippen molar-refractivity contribution in [2.75, 3.05) is 13.2 Å². The summed E-state index contributed by atoms with van der Waals surface area (Å²) in [7, 11) is 0. The Kier molecular flexibility index (Phi) is 8.13. The fourth-order valence-electron chi connectivity index (χ4n) is 4.51. The quantitative estimate of drug-likeness (QED) is 0.405. The fourth-order valence-corrected chi connectivity index (χ4v) is 4.51. The largest absolute Gasteiger partial charge is 0.493 e. The van der Waals surface area contributed by atoms with Crippen molar-refractivity contribution in [3.63, 3.8) is 0 Å². The van der Waals surface area contributed by atoms with E-state index in [1.54, 1.807) is 24.5 Å². The molecule has 35 heavy (non-hydrogen) atoms. The first-order chi connectivity index (χ1) is 16.9. The summed E-state index contributed by atoms with van der Waals surface area (Å²) >= 11 is 0. The normalized spacial score (nSPS) is 17.1. The molecule has 0 saturated carbocycles. The van der Waals surface area contributed by atoms with Crippen LogP contribution in [0.1, 0.15) is 43.4 Å². The molecule has 0 bridgehead atoms. The standard InChI is InChI=1S/C29H33FN2O3/c1-29(2)19-25(13-17-35-29)28(33)32(20-23-10-14-31-15-11-23)21-24-4-3-5-27(18-24)34-16-12-22-6-8-26(30)9-7-22/h3-11,14-15,18,25H,12-13,16-17,19-21H2,1-2H3. The number of carbonyl (C=O) groups is 1. The summed E-state index contributed by atoms with van der Waals surface area (Å²) < 4.78 is 24.9. The number of aromatic nitrogens is 1. The summed E-state index contributed by atoms with van der Waals surface area (Å²) in [5.74, 6) is 0.613. The summed E-state index contributed by atoms with van der Waals surface area (Å²) in [6.07, 6.45) is 5.65. The number of pyridine rings is 1. The Bertz CT molecular complexity index is 1100. The van der Waals surface area contributed by atoms with Gasteiger partial charge >= 0.3 is 0 Å². The average molecular weight is 477 g/mol. The maximum atomic E-state index is 13.6. The highest BCUT2D eigenvalue weighted by Crippen LogP contribution is 2.31. The topological polar surface area (TPSA) is 51.7 Å². The summed E-state index contributed by atoms with van der Waals surface area (Å²) in [4.78, 5) is 19.7. The SMILES string of the molecule is CC1(C)CC(C(=O)N(Cc2ccncc2)Cc2cccc(OCCc3ccc(F)cc3)c2)CCO1. The Balaban J connectivity index is 1.44. The predicted octanol–water partition coefficient (Wildman–Crippen LogP) is 5.58. The lowest BCUT2D eigenvalue weighted by atomic mass is 9.87.